The van der Waals surface area contributed by atoms with Crippen LogP contribution in [0.1, 0.15) is 5.56 Å². The Labute approximate surface area is 159 Å². The summed E-state index contributed by atoms with van der Waals surface area (Å²) in [6.07, 6.45) is 4.18. The number of hydrogen-bond acceptors (Lipinski definition) is 1. The second-order valence-electron chi connectivity index (χ2n) is 5.54. The summed E-state index contributed by atoms with van der Waals surface area (Å²) in [6.45, 7) is 0.869. The van der Waals surface area contributed by atoms with Gasteiger partial charge in [-0.1, -0.05) is 46.3 Å². The van der Waals surface area contributed by atoms with E-state index in [0.29, 0.717) is 0 Å². The Bertz CT molecular complexity index is 946. The van der Waals surface area contributed by atoms with E-state index in [1.165, 1.54) is 5.56 Å². The zero-order valence-corrected chi connectivity index (χ0v) is 16.0. The number of pyridine rings is 1. The molecule has 24 heavy (non-hydrogen) atoms. The average molecular weight is 445 g/mol. The summed E-state index contributed by atoms with van der Waals surface area (Å²) in [4.78, 5) is 0. The molecule has 2 heterocycles. The lowest BCUT2D eigenvalue weighted by Gasteiger charge is -1.99. The Balaban J connectivity index is 0.00000169. The Morgan fingerprint density at radius 3 is 2.38 bits per heavy atom. The predicted molar refractivity (Wildman–Crippen MR) is 95.1 cm³/mol. The van der Waals surface area contributed by atoms with Gasteiger partial charge >= 0.3 is 0 Å². The van der Waals surface area contributed by atoms with E-state index >= 15 is 0 Å². The molecule has 0 unspecified atom stereocenters. The second kappa shape index (κ2) is 7.32. The lowest BCUT2D eigenvalue weighted by molar-refractivity contribution is -0.688. The first-order valence-electron chi connectivity index (χ1n) is 7.50. The van der Waals surface area contributed by atoms with Crippen LogP contribution in [0.25, 0.3) is 22.3 Å². The van der Waals surface area contributed by atoms with Gasteiger partial charge in [0.2, 0.25) is 0 Å². The fourth-order valence-electron chi connectivity index (χ4n) is 2.68. The highest BCUT2D eigenvalue weighted by Gasteiger charge is 2.09. The minimum absolute atomic E-state index is 0. The van der Waals surface area contributed by atoms with Crippen molar-refractivity contribution in [2.45, 2.75) is 6.54 Å². The van der Waals surface area contributed by atoms with E-state index < -0.39 is 0 Å². The number of hydrogen-bond donors (Lipinski definition) is 0. The van der Waals surface area contributed by atoms with Gasteiger partial charge < -0.3 is 21.4 Å². The van der Waals surface area contributed by atoms with Gasteiger partial charge in [0.25, 0.3) is 0 Å². The van der Waals surface area contributed by atoms with E-state index in [4.69, 9.17) is 4.42 Å². The van der Waals surface area contributed by atoms with Gasteiger partial charge in [-0.2, -0.15) is 0 Å². The Kier molecular flexibility index (Phi) is 5.17. The third-order valence-corrected chi connectivity index (χ3v) is 4.36. The maximum Gasteiger partial charge on any atom is 0.173 e. The molecule has 4 rings (SSSR count). The van der Waals surface area contributed by atoms with Crippen LogP contribution >= 0.6 is 15.9 Å². The van der Waals surface area contributed by atoms with E-state index in [1.54, 1.807) is 0 Å². The molecule has 0 fully saturated rings. The molecule has 0 bridgehead atoms. The zero-order chi connectivity index (χ0) is 15.6. The quantitative estimate of drug-likeness (QED) is 0.443. The highest BCUT2D eigenvalue weighted by Crippen LogP contribution is 2.29. The van der Waals surface area contributed by atoms with Crippen LogP contribution in [0.5, 0.6) is 0 Å². The summed E-state index contributed by atoms with van der Waals surface area (Å²) < 4.78 is 9.16. The lowest BCUT2D eigenvalue weighted by Crippen LogP contribution is -3.00. The van der Waals surface area contributed by atoms with Crippen LogP contribution < -0.4 is 21.5 Å². The molecule has 0 spiro atoms. The molecule has 0 atom stereocenters. The Morgan fingerprint density at radius 2 is 1.62 bits per heavy atom. The van der Waals surface area contributed by atoms with E-state index in [-0.39, 0.29) is 17.0 Å². The van der Waals surface area contributed by atoms with Crippen LogP contribution in [0, 0.1) is 0 Å². The van der Waals surface area contributed by atoms with Crippen molar-refractivity contribution in [2.24, 2.45) is 0 Å². The molecule has 0 radical (unpaired) electrons. The SMILES string of the molecule is Brc1ccc2oc(-c3cc[n+](Cc4ccccc4)cc3)cc2c1.[Br-]. The number of rotatable bonds is 3. The fraction of sp³-hybridized carbons (Fsp3) is 0.0500. The van der Waals surface area contributed by atoms with Crippen molar-refractivity contribution in [3.8, 4) is 11.3 Å². The van der Waals surface area contributed by atoms with Crippen LogP contribution in [-0.2, 0) is 6.54 Å². The molecule has 0 N–H and O–H groups in total. The molecular formula is C20H15Br2NO. The molecule has 2 aromatic carbocycles. The van der Waals surface area contributed by atoms with Crippen molar-refractivity contribution in [3.05, 3.63) is 89.2 Å². The third kappa shape index (κ3) is 3.60. The fourth-order valence-corrected chi connectivity index (χ4v) is 3.06. The van der Waals surface area contributed by atoms with Crippen LogP contribution in [0.4, 0.5) is 0 Å². The number of nitrogens with zero attached hydrogens (tertiary/aromatic N) is 1. The number of fused-ring (bicyclic) bond motifs is 1. The highest BCUT2D eigenvalue weighted by molar-refractivity contribution is 9.10. The van der Waals surface area contributed by atoms with Gasteiger partial charge in [0.1, 0.15) is 11.3 Å². The van der Waals surface area contributed by atoms with Crippen molar-refractivity contribution >= 4 is 26.9 Å². The van der Waals surface area contributed by atoms with Crippen molar-refractivity contribution in [1.82, 2.24) is 0 Å². The van der Waals surface area contributed by atoms with Gasteiger partial charge in [0.15, 0.2) is 18.9 Å². The average Bonchev–Trinajstić information content (AvgIpc) is 2.99. The minimum Gasteiger partial charge on any atom is -1.00 e. The van der Waals surface area contributed by atoms with Crippen LogP contribution in [-0.4, -0.2) is 0 Å². The summed E-state index contributed by atoms with van der Waals surface area (Å²) in [5.74, 6) is 0.893. The maximum absolute atomic E-state index is 5.94. The summed E-state index contributed by atoms with van der Waals surface area (Å²) in [5, 5.41) is 1.11. The highest BCUT2D eigenvalue weighted by atomic mass is 79.9. The summed E-state index contributed by atoms with van der Waals surface area (Å²) in [6, 6.07) is 22.8. The first kappa shape index (κ1) is 16.9. The van der Waals surface area contributed by atoms with Crippen molar-refractivity contribution in [2.75, 3.05) is 0 Å². The molecule has 4 aromatic rings. The molecule has 2 nitrogen and oxygen atoms in total. The van der Waals surface area contributed by atoms with E-state index in [9.17, 15) is 0 Å². The van der Waals surface area contributed by atoms with Crippen molar-refractivity contribution in [1.29, 1.82) is 0 Å². The largest absolute Gasteiger partial charge is 1.00 e. The molecule has 2 aromatic heterocycles. The topological polar surface area (TPSA) is 17.0 Å². The van der Waals surface area contributed by atoms with Crippen LogP contribution in [0.3, 0.4) is 0 Å². The standard InChI is InChI=1S/C20H15BrNO.BrH/c21-18-6-7-19-17(12-18)13-20(23-19)16-8-10-22(11-9-16)14-15-4-2-1-3-5-15;/h1-13H,14H2;1H/q+1;/p-1. The van der Waals surface area contributed by atoms with E-state index in [1.807, 2.05) is 18.2 Å². The van der Waals surface area contributed by atoms with Gasteiger partial charge in [-0.05, 0) is 24.3 Å². The Morgan fingerprint density at radius 1 is 0.875 bits per heavy atom. The molecule has 120 valence electrons. The maximum atomic E-state index is 5.94. The van der Waals surface area contributed by atoms with Gasteiger partial charge in [0, 0.05) is 33.1 Å². The monoisotopic (exact) mass is 443 g/mol. The van der Waals surface area contributed by atoms with Gasteiger partial charge in [0.05, 0.1) is 0 Å². The molecular weight excluding hydrogens is 430 g/mol. The predicted octanol–water partition coefficient (Wildman–Crippen LogP) is 2.20. The minimum atomic E-state index is 0. The number of furan rings is 1. The summed E-state index contributed by atoms with van der Waals surface area (Å²) >= 11 is 3.49. The van der Waals surface area contributed by atoms with Crippen molar-refractivity contribution in [3.63, 3.8) is 0 Å². The molecule has 0 aliphatic carbocycles. The lowest BCUT2D eigenvalue weighted by atomic mass is 10.2. The molecule has 0 saturated heterocycles. The molecule has 0 aliphatic rings. The van der Waals surface area contributed by atoms with Crippen molar-refractivity contribution < 1.29 is 26.0 Å². The van der Waals surface area contributed by atoms with E-state index in [0.717, 1.165) is 33.3 Å². The number of benzene rings is 2. The molecule has 4 heteroatoms. The first-order chi connectivity index (χ1) is 11.3. The Hall–Kier alpha value is -1.91. The third-order valence-electron chi connectivity index (χ3n) is 3.86. The zero-order valence-electron chi connectivity index (χ0n) is 12.8. The molecule has 0 amide bonds. The molecule has 0 aliphatic heterocycles. The summed E-state index contributed by atoms with van der Waals surface area (Å²) in [7, 11) is 0. The normalized spacial score (nSPS) is 10.5. The molecule has 0 saturated carbocycles. The second-order valence-corrected chi connectivity index (χ2v) is 6.45. The van der Waals surface area contributed by atoms with Crippen LogP contribution in [0.2, 0.25) is 0 Å². The summed E-state index contributed by atoms with van der Waals surface area (Å²) in [5.41, 5.74) is 3.28. The van der Waals surface area contributed by atoms with Gasteiger partial charge in [-0.3, -0.25) is 0 Å². The van der Waals surface area contributed by atoms with Crippen LogP contribution in [0.15, 0.2) is 88.0 Å². The smallest absolute Gasteiger partial charge is 0.173 e. The number of halogens is 2. The first-order valence-corrected chi connectivity index (χ1v) is 8.30. The van der Waals surface area contributed by atoms with E-state index in [2.05, 4.69) is 81.4 Å². The number of aromatic nitrogens is 1. The van der Waals surface area contributed by atoms with Gasteiger partial charge in [-0.15, -0.1) is 0 Å². The van der Waals surface area contributed by atoms with Gasteiger partial charge in [-0.25, -0.2) is 4.57 Å².